The number of nitrogen functional groups attached to an aromatic ring is 1. The van der Waals surface area contributed by atoms with Gasteiger partial charge in [0.05, 0.1) is 5.69 Å². The second-order valence-corrected chi connectivity index (χ2v) is 4.26. The van der Waals surface area contributed by atoms with Crippen LogP contribution in [0.25, 0.3) is 0 Å². The summed E-state index contributed by atoms with van der Waals surface area (Å²) in [6, 6.07) is 14.0. The molecule has 0 bridgehead atoms. The van der Waals surface area contributed by atoms with Gasteiger partial charge in [0.2, 0.25) is 0 Å². The number of nitrogens with two attached hydrogens (primary N) is 1. The van der Waals surface area contributed by atoms with Crippen molar-refractivity contribution in [2.24, 2.45) is 0 Å². The molecular formula is C15H17NO. The van der Waals surface area contributed by atoms with E-state index in [1.165, 1.54) is 11.1 Å². The zero-order valence-electron chi connectivity index (χ0n) is 10.2. The maximum Gasteiger partial charge on any atom is 0.142 e. The van der Waals surface area contributed by atoms with Gasteiger partial charge in [0, 0.05) is 0 Å². The highest BCUT2D eigenvalue weighted by molar-refractivity contribution is 5.54. The molecule has 2 nitrogen and oxygen atoms in total. The zero-order chi connectivity index (χ0) is 12.3. The summed E-state index contributed by atoms with van der Waals surface area (Å²) in [6.45, 7) is 4.65. The van der Waals surface area contributed by atoms with Gasteiger partial charge in [0.25, 0.3) is 0 Å². The lowest BCUT2D eigenvalue weighted by molar-refractivity contribution is 0.307. The Balaban J connectivity index is 2.10. The molecule has 2 rings (SSSR count). The van der Waals surface area contributed by atoms with Gasteiger partial charge in [-0.05, 0) is 42.7 Å². The van der Waals surface area contributed by atoms with Gasteiger partial charge in [0.15, 0.2) is 0 Å². The second kappa shape index (κ2) is 4.91. The van der Waals surface area contributed by atoms with Gasteiger partial charge in [-0.15, -0.1) is 0 Å². The maximum absolute atomic E-state index is 5.90. The van der Waals surface area contributed by atoms with E-state index in [1.807, 2.05) is 37.3 Å². The van der Waals surface area contributed by atoms with Crippen molar-refractivity contribution in [1.82, 2.24) is 0 Å². The first-order chi connectivity index (χ1) is 8.16. The number of hydrogen-bond acceptors (Lipinski definition) is 2. The third-order valence-corrected chi connectivity index (χ3v) is 2.81. The van der Waals surface area contributed by atoms with E-state index in [9.17, 15) is 0 Å². The molecule has 0 aliphatic carbocycles. The average Bonchev–Trinajstić information content (AvgIpc) is 2.30. The van der Waals surface area contributed by atoms with Crippen LogP contribution in [0.15, 0.2) is 42.5 Å². The Labute approximate surface area is 102 Å². The second-order valence-electron chi connectivity index (χ2n) is 4.26. The quantitative estimate of drug-likeness (QED) is 0.815. The molecule has 2 N–H and O–H groups in total. The summed E-state index contributed by atoms with van der Waals surface area (Å²) in [4.78, 5) is 0. The van der Waals surface area contributed by atoms with Crippen molar-refractivity contribution in [2.45, 2.75) is 20.5 Å². The molecule has 0 aliphatic heterocycles. The van der Waals surface area contributed by atoms with Crippen LogP contribution in [0.5, 0.6) is 5.75 Å². The maximum atomic E-state index is 5.90. The molecule has 0 saturated carbocycles. The summed E-state index contributed by atoms with van der Waals surface area (Å²) >= 11 is 0. The summed E-state index contributed by atoms with van der Waals surface area (Å²) < 4.78 is 5.73. The first-order valence-electron chi connectivity index (χ1n) is 5.70. The largest absolute Gasteiger partial charge is 0.487 e. The van der Waals surface area contributed by atoms with Crippen LogP contribution in [0.4, 0.5) is 5.69 Å². The highest BCUT2D eigenvalue weighted by Gasteiger charge is 2.02. The summed E-state index contributed by atoms with van der Waals surface area (Å²) in [5.41, 5.74) is 10.2. The minimum Gasteiger partial charge on any atom is -0.487 e. The van der Waals surface area contributed by atoms with Crippen molar-refractivity contribution < 1.29 is 4.74 Å². The molecule has 0 amide bonds. The third-order valence-electron chi connectivity index (χ3n) is 2.81. The highest BCUT2D eigenvalue weighted by Crippen LogP contribution is 2.23. The Morgan fingerprint density at radius 3 is 2.53 bits per heavy atom. The van der Waals surface area contributed by atoms with Crippen molar-refractivity contribution in [3.8, 4) is 5.75 Å². The number of benzene rings is 2. The Morgan fingerprint density at radius 2 is 1.82 bits per heavy atom. The molecule has 0 radical (unpaired) electrons. The topological polar surface area (TPSA) is 35.2 Å². The lowest BCUT2D eigenvalue weighted by atomic mass is 10.1. The molecule has 88 valence electrons. The molecule has 0 aromatic heterocycles. The van der Waals surface area contributed by atoms with Gasteiger partial charge >= 0.3 is 0 Å². The lowest BCUT2D eigenvalue weighted by Gasteiger charge is -2.11. The normalized spacial score (nSPS) is 10.2. The molecule has 0 saturated heterocycles. The van der Waals surface area contributed by atoms with Crippen LogP contribution in [-0.4, -0.2) is 0 Å². The predicted molar refractivity (Wildman–Crippen MR) is 71.1 cm³/mol. The van der Waals surface area contributed by atoms with Crippen LogP contribution in [0.1, 0.15) is 16.7 Å². The van der Waals surface area contributed by atoms with Gasteiger partial charge in [-0.1, -0.05) is 30.3 Å². The zero-order valence-corrected chi connectivity index (χ0v) is 10.2. The van der Waals surface area contributed by atoms with E-state index < -0.39 is 0 Å². The first-order valence-corrected chi connectivity index (χ1v) is 5.70. The highest BCUT2D eigenvalue weighted by atomic mass is 16.5. The van der Waals surface area contributed by atoms with Gasteiger partial charge < -0.3 is 10.5 Å². The number of ether oxygens (including phenoxy) is 1. The van der Waals surface area contributed by atoms with Crippen molar-refractivity contribution >= 4 is 5.69 Å². The van der Waals surface area contributed by atoms with E-state index in [0.29, 0.717) is 12.3 Å². The van der Waals surface area contributed by atoms with Gasteiger partial charge in [-0.2, -0.15) is 0 Å². The smallest absolute Gasteiger partial charge is 0.142 e. The summed E-state index contributed by atoms with van der Waals surface area (Å²) in [6.07, 6.45) is 0. The van der Waals surface area contributed by atoms with Crippen LogP contribution >= 0.6 is 0 Å². The summed E-state index contributed by atoms with van der Waals surface area (Å²) in [7, 11) is 0. The number of aryl methyl sites for hydroxylation is 2. The van der Waals surface area contributed by atoms with Gasteiger partial charge in [-0.3, -0.25) is 0 Å². The van der Waals surface area contributed by atoms with Crippen LogP contribution in [0.2, 0.25) is 0 Å². The molecule has 0 atom stereocenters. The SMILES string of the molecule is Cc1ccc(OCc2ccccc2C)c(N)c1. The monoisotopic (exact) mass is 227 g/mol. The first kappa shape index (κ1) is 11.5. The molecule has 17 heavy (non-hydrogen) atoms. The van der Waals surface area contributed by atoms with Crippen molar-refractivity contribution in [2.75, 3.05) is 5.73 Å². The Bertz CT molecular complexity index is 520. The van der Waals surface area contributed by atoms with Crippen molar-refractivity contribution in [1.29, 1.82) is 0 Å². The predicted octanol–water partition coefficient (Wildman–Crippen LogP) is 3.46. The van der Waals surface area contributed by atoms with E-state index in [2.05, 4.69) is 19.1 Å². The molecule has 0 unspecified atom stereocenters. The fourth-order valence-electron chi connectivity index (χ4n) is 1.73. The minimum absolute atomic E-state index is 0.555. The Morgan fingerprint density at radius 1 is 1.06 bits per heavy atom. The molecule has 0 fully saturated rings. The Hall–Kier alpha value is -1.96. The Kier molecular flexibility index (Phi) is 3.33. The fourth-order valence-corrected chi connectivity index (χ4v) is 1.73. The number of hydrogen-bond donors (Lipinski definition) is 1. The molecule has 2 heteroatoms. The molecule has 2 aromatic rings. The van der Waals surface area contributed by atoms with Crippen LogP contribution in [0.3, 0.4) is 0 Å². The van der Waals surface area contributed by atoms with Gasteiger partial charge in [-0.25, -0.2) is 0 Å². The lowest BCUT2D eigenvalue weighted by Crippen LogP contribution is -2.00. The van der Waals surface area contributed by atoms with Crippen LogP contribution in [0, 0.1) is 13.8 Å². The molecule has 0 aliphatic rings. The number of rotatable bonds is 3. The minimum atomic E-state index is 0.555. The van der Waals surface area contributed by atoms with E-state index in [-0.39, 0.29) is 0 Å². The molecule has 0 heterocycles. The van der Waals surface area contributed by atoms with Gasteiger partial charge in [0.1, 0.15) is 12.4 Å². The van der Waals surface area contributed by atoms with E-state index >= 15 is 0 Å². The molecule has 0 spiro atoms. The average molecular weight is 227 g/mol. The third kappa shape index (κ3) is 2.78. The fraction of sp³-hybridized carbons (Fsp3) is 0.200. The standard InChI is InChI=1S/C15H17NO/c1-11-7-8-15(14(16)9-11)17-10-13-6-4-3-5-12(13)2/h3-9H,10,16H2,1-2H3. The van der Waals surface area contributed by atoms with Crippen LogP contribution < -0.4 is 10.5 Å². The van der Waals surface area contributed by atoms with E-state index in [0.717, 1.165) is 11.3 Å². The molecule has 2 aromatic carbocycles. The summed E-state index contributed by atoms with van der Waals surface area (Å²) in [5.74, 6) is 0.749. The van der Waals surface area contributed by atoms with Crippen LogP contribution in [-0.2, 0) is 6.61 Å². The molecular weight excluding hydrogens is 210 g/mol. The van der Waals surface area contributed by atoms with E-state index in [1.54, 1.807) is 0 Å². The van der Waals surface area contributed by atoms with E-state index in [4.69, 9.17) is 10.5 Å². The number of anilines is 1. The van der Waals surface area contributed by atoms with Crippen molar-refractivity contribution in [3.63, 3.8) is 0 Å². The summed E-state index contributed by atoms with van der Waals surface area (Å²) in [5, 5.41) is 0. The van der Waals surface area contributed by atoms with Crippen molar-refractivity contribution in [3.05, 3.63) is 59.2 Å².